The Morgan fingerprint density at radius 3 is 2.83 bits per heavy atom. The van der Waals surface area contributed by atoms with Crippen molar-refractivity contribution < 1.29 is 0 Å². The number of anilines is 2. The number of benzene rings is 1. The monoisotopic (exact) mass is 235 g/mol. The summed E-state index contributed by atoms with van der Waals surface area (Å²) >= 11 is 0. The summed E-state index contributed by atoms with van der Waals surface area (Å²) in [4.78, 5) is 6.36. The summed E-state index contributed by atoms with van der Waals surface area (Å²) in [5.41, 5.74) is 3.91. The number of fused-ring (bicyclic) bond motifs is 1. The van der Waals surface area contributed by atoms with Crippen LogP contribution in [0, 0.1) is 11.3 Å². The first-order valence-corrected chi connectivity index (χ1v) is 6.03. The maximum atomic E-state index is 9.17. The molecule has 0 bridgehead atoms. The third-order valence-electron chi connectivity index (χ3n) is 3.36. The Kier molecular flexibility index (Phi) is 2.49. The highest BCUT2D eigenvalue weighted by Crippen LogP contribution is 2.38. The van der Waals surface area contributed by atoms with Crippen LogP contribution in [0.2, 0.25) is 0 Å². The largest absolute Gasteiger partial charge is 0.336 e. The molecule has 3 heteroatoms. The van der Waals surface area contributed by atoms with Gasteiger partial charge >= 0.3 is 0 Å². The van der Waals surface area contributed by atoms with Gasteiger partial charge < -0.3 is 4.90 Å². The molecule has 2 heterocycles. The van der Waals surface area contributed by atoms with Crippen LogP contribution in [-0.2, 0) is 6.42 Å². The molecular weight excluding hydrogens is 222 g/mol. The van der Waals surface area contributed by atoms with Gasteiger partial charge in [-0.25, -0.2) is 4.98 Å². The van der Waals surface area contributed by atoms with Crippen LogP contribution in [0.5, 0.6) is 0 Å². The van der Waals surface area contributed by atoms with Crippen molar-refractivity contribution in [2.24, 2.45) is 0 Å². The van der Waals surface area contributed by atoms with E-state index in [2.05, 4.69) is 41.1 Å². The second-order valence-corrected chi connectivity index (χ2v) is 4.53. The lowest BCUT2D eigenvalue weighted by Gasteiger charge is -2.25. The van der Waals surface area contributed by atoms with E-state index in [1.54, 1.807) is 6.20 Å². The lowest BCUT2D eigenvalue weighted by Crippen LogP contribution is -2.24. The van der Waals surface area contributed by atoms with Gasteiger partial charge in [0.1, 0.15) is 6.07 Å². The van der Waals surface area contributed by atoms with Gasteiger partial charge in [0.2, 0.25) is 0 Å². The Morgan fingerprint density at radius 1 is 1.22 bits per heavy atom. The van der Waals surface area contributed by atoms with E-state index < -0.39 is 0 Å². The van der Waals surface area contributed by atoms with E-state index in [1.165, 1.54) is 11.3 Å². The summed E-state index contributed by atoms with van der Waals surface area (Å²) in [6, 6.07) is 14.7. The van der Waals surface area contributed by atoms with Crippen molar-refractivity contribution in [2.45, 2.75) is 19.4 Å². The van der Waals surface area contributed by atoms with Crippen molar-refractivity contribution in [1.29, 1.82) is 5.26 Å². The molecular formula is C15H13N3. The van der Waals surface area contributed by atoms with Gasteiger partial charge in [-0.15, -0.1) is 0 Å². The first-order valence-electron chi connectivity index (χ1n) is 6.03. The molecule has 1 aromatic carbocycles. The Balaban J connectivity index is 2.15. The van der Waals surface area contributed by atoms with Crippen LogP contribution < -0.4 is 4.90 Å². The molecule has 3 rings (SSSR count). The summed E-state index contributed by atoms with van der Waals surface area (Å²) < 4.78 is 0. The zero-order chi connectivity index (χ0) is 12.5. The predicted octanol–water partition coefficient (Wildman–Crippen LogP) is 3.04. The van der Waals surface area contributed by atoms with Crippen molar-refractivity contribution in [3.8, 4) is 6.07 Å². The minimum Gasteiger partial charge on any atom is -0.336 e. The normalized spacial score (nSPS) is 17.3. The number of rotatable bonds is 1. The molecule has 0 aliphatic carbocycles. The fraction of sp³-hybridized carbons (Fsp3) is 0.200. The van der Waals surface area contributed by atoms with Crippen LogP contribution in [0.15, 0.2) is 42.6 Å². The molecule has 18 heavy (non-hydrogen) atoms. The van der Waals surface area contributed by atoms with Crippen LogP contribution in [0.3, 0.4) is 0 Å². The fourth-order valence-electron chi connectivity index (χ4n) is 2.61. The molecule has 1 atom stereocenters. The van der Waals surface area contributed by atoms with E-state index in [0.717, 1.165) is 12.1 Å². The molecule has 0 N–H and O–H groups in total. The van der Waals surface area contributed by atoms with Crippen molar-refractivity contribution in [2.75, 3.05) is 4.90 Å². The highest BCUT2D eigenvalue weighted by molar-refractivity contribution is 5.73. The van der Waals surface area contributed by atoms with Crippen molar-refractivity contribution >= 4 is 11.4 Å². The van der Waals surface area contributed by atoms with Crippen LogP contribution in [0.4, 0.5) is 11.4 Å². The van der Waals surface area contributed by atoms with Gasteiger partial charge in [0.05, 0.1) is 5.69 Å². The maximum Gasteiger partial charge on any atom is 0.164 e. The topological polar surface area (TPSA) is 39.9 Å². The second kappa shape index (κ2) is 4.15. The number of hydrogen-bond donors (Lipinski definition) is 0. The number of nitriles is 1. The third-order valence-corrected chi connectivity index (χ3v) is 3.36. The van der Waals surface area contributed by atoms with E-state index in [9.17, 15) is 5.26 Å². The molecule has 1 unspecified atom stereocenters. The number of hydrogen-bond acceptors (Lipinski definition) is 3. The Hall–Kier alpha value is -2.34. The number of para-hydroxylation sites is 1. The lowest BCUT2D eigenvalue weighted by atomic mass is 10.1. The summed E-state index contributed by atoms with van der Waals surface area (Å²) in [7, 11) is 0. The zero-order valence-electron chi connectivity index (χ0n) is 10.2. The molecule has 0 spiro atoms. The van der Waals surface area contributed by atoms with Gasteiger partial charge in [-0.2, -0.15) is 5.26 Å². The molecule has 0 radical (unpaired) electrons. The lowest BCUT2D eigenvalue weighted by molar-refractivity contribution is 0.756. The second-order valence-electron chi connectivity index (χ2n) is 4.53. The molecule has 0 saturated carbocycles. The van der Waals surface area contributed by atoms with Gasteiger partial charge in [0.25, 0.3) is 0 Å². The molecule has 1 aliphatic rings. The first kappa shape index (κ1) is 10.8. The fourth-order valence-corrected chi connectivity index (χ4v) is 2.61. The minimum absolute atomic E-state index is 0.360. The number of nitrogens with zero attached hydrogens (tertiary/aromatic N) is 3. The Bertz CT molecular complexity index is 628. The third kappa shape index (κ3) is 1.54. The molecule has 0 saturated heterocycles. The molecule has 2 aromatic rings. The van der Waals surface area contributed by atoms with E-state index in [1.807, 2.05) is 18.2 Å². The van der Waals surface area contributed by atoms with Crippen molar-refractivity contribution in [3.63, 3.8) is 0 Å². The highest BCUT2D eigenvalue weighted by Gasteiger charge is 2.28. The Morgan fingerprint density at radius 2 is 2.00 bits per heavy atom. The van der Waals surface area contributed by atoms with Crippen LogP contribution in [0.1, 0.15) is 18.2 Å². The smallest absolute Gasteiger partial charge is 0.164 e. The van der Waals surface area contributed by atoms with Gasteiger partial charge in [-0.3, -0.25) is 0 Å². The van der Waals surface area contributed by atoms with Crippen molar-refractivity contribution in [1.82, 2.24) is 4.98 Å². The minimum atomic E-state index is 0.360. The number of pyridine rings is 1. The van der Waals surface area contributed by atoms with E-state index in [4.69, 9.17) is 0 Å². The summed E-state index contributed by atoms with van der Waals surface area (Å²) in [6.07, 6.45) is 2.67. The average molecular weight is 235 g/mol. The molecule has 0 fully saturated rings. The maximum absolute atomic E-state index is 9.17. The quantitative estimate of drug-likeness (QED) is 0.762. The van der Waals surface area contributed by atoms with E-state index in [0.29, 0.717) is 11.7 Å². The summed E-state index contributed by atoms with van der Waals surface area (Å²) in [5.74, 6) is 0. The van der Waals surface area contributed by atoms with Crippen LogP contribution >= 0.6 is 0 Å². The van der Waals surface area contributed by atoms with E-state index in [-0.39, 0.29) is 0 Å². The van der Waals surface area contributed by atoms with Gasteiger partial charge in [-0.05, 0) is 37.1 Å². The van der Waals surface area contributed by atoms with Gasteiger partial charge in [0.15, 0.2) is 5.69 Å². The van der Waals surface area contributed by atoms with Crippen LogP contribution in [-0.4, -0.2) is 11.0 Å². The molecule has 3 nitrogen and oxygen atoms in total. The standard InChI is InChI=1S/C15H13N3/c1-11-9-12-5-2-3-6-14(12)18(11)15-7-4-8-17-13(15)10-16/h2-8,11H,9H2,1H3. The van der Waals surface area contributed by atoms with Crippen molar-refractivity contribution in [3.05, 3.63) is 53.9 Å². The molecule has 88 valence electrons. The predicted molar refractivity (Wildman–Crippen MR) is 70.7 cm³/mol. The zero-order valence-corrected chi connectivity index (χ0v) is 10.2. The van der Waals surface area contributed by atoms with Crippen LogP contribution in [0.25, 0.3) is 0 Å². The van der Waals surface area contributed by atoms with Gasteiger partial charge in [0, 0.05) is 17.9 Å². The summed E-state index contributed by atoms with van der Waals surface area (Å²) in [6.45, 7) is 2.17. The average Bonchev–Trinajstić information content (AvgIpc) is 2.74. The summed E-state index contributed by atoms with van der Waals surface area (Å²) in [5, 5.41) is 9.17. The Labute approximate surface area is 106 Å². The SMILES string of the molecule is CC1Cc2ccccc2N1c1cccnc1C#N. The highest BCUT2D eigenvalue weighted by atomic mass is 15.2. The molecule has 0 amide bonds. The number of aromatic nitrogens is 1. The van der Waals surface area contributed by atoms with Gasteiger partial charge in [-0.1, -0.05) is 18.2 Å². The molecule has 1 aliphatic heterocycles. The van der Waals surface area contributed by atoms with E-state index >= 15 is 0 Å². The molecule has 1 aromatic heterocycles. The first-order chi connectivity index (χ1) is 8.81.